The molecule has 130 valence electrons. The molecule has 0 bridgehead atoms. The smallest absolute Gasteiger partial charge is 0.298 e. The van der Waals surface area contributed by atoms with E-state index in [1.54, 1.807) is 17.8 Å². The number of aromatic nitrogens is 2. The summed E-state index contributed by atoms with van der Waals surface area (Å²) in [6.45, 7) is 4.30. The zero-order chi connectivity index (χ0) is 17.2. The summed E-state index contributed by atoms with van der Waals surface area (Å²) in [6, 6.07) is 12.4. The van der Waals surface area contributed by atoms with E-state index in [9.17, 15) is 4.79 Å². The van der Waals surface area contributed by atoms with Crippen LogP contribution in [0.25, 0.3) is 11.1 Å². The van der Waals surface area contributed by atoms with Crippen molar-refractivity contribution in [2.45, 2.75) is 13.0 Å². The molecule has 1 saturated heterocycles. The van der Waals surface area contributed by atoms with E-state index < -0.39 is 0 Å². The molecule has 0 aliphatic carbocycles. The SMILES string of the molecule is Cn1cccc(CN2CCCN(c3nc4ccccc4o3)CC2)c1=O. The summed E-state index contributed by atoms with van der Waals surface area (Å²) < 4.78 is 7.53. The maximum atomic E-state index is 12.2. The predicted molar refractivity (Wildman–Crippen MR) is 97.8 cm³/mol. The van der Waals surface area contributed by atoms with Gasteiger partial charge in [-0.15, -0.1) is 0 Å². The number of rotatable bonds is 3. The first kappa shape index (κ1) is 15.9. The Balaban J connectivity index is 1.46. The first-order chi connectivity index (χ1) is 12.2. The van der Waals surface area contributed by atoms with E-state index in [0.29, 0.717) is 12.6 Å². The van der Waals surface area contributed by atoms with E-state index in [1.165, 1.54) is 0 Å². The lowest BCUT2D eigenvalue weighted by atomic mass is 10.2. The minimum Gasteiger partial charge on any atom is -0.423 e. The Labute approximate surface area is 146 Å². The van der Waals surface area contributed by atoms with E-state index in [-0.39, 0.29) is 5.56 Å². The van der Waals surface area contributed by atoms with Crippen molar-refractivity contribution in [2.24, 2.45) is 7.05 Å². The molecule has 6 nitrogen and oxygen atoms in total. The topological polar surface area (TPSA) is 54.5 Å². The molecule has 0 spiro atoms. The number of nitrogens with zero attached hydrogens (tertiary/aromatic N) is 4. The zero-order valence-electron chi connectivity index (χ0n) is 14.4. The van der Waals surface area contributed by atoms with E-state index >= 15 is 0 Å². The molecule has 0 N–H and O–H groups in total. The summed E-state index contributed by atoms with van der Waals surface area (Å²) >= 11 is 0. The molecular weight excluding hydrogens is 316 g/mol. The first-order valence-electron chi connectivity index (χ1n) is 8.68. The summed E-state index contributed by atoms with van der Waals surface area (Å²) in [4.78, 5) is 21.3. The number of para-hydroxylation sites is 2. The predicted octanol–water partition coefficient (Wildman–Crippen LogP) is 2.24. The Morgan fingerprint density at radius 3 is 2.84 bits per heavy atom. The van der Waals surface area contributed by atoms with Crippen molar-refractivity contribution >= 4 is 17.1 Å². The van der Waals surface area contributed by atoms with Crippen molar-refractivity contribution in [3.63, 3.8) is 0 Å². The van der Waals surface area contributed by atoms with Gasteiger partial charge in [-0.1, -0.05) is 18.2 Å². The van der Waals surface area contributed by atoms with Gasteiger partial charge in [-0.3, -0.25) is 9.69 Å². The molecule has 0 atom stereocenters. The summed E-state index contributed by atoms with van der Waals surface area (Å²) in [5.74, 6) is 0. The molecule has 1 aliphatic heterocycles. The largest absolute Gasteiger partial charge is 0.423 e. The standard InChI is InChI=1S/C19H22N4O2/c1-21-9-4-6-15(18(21)24)14-22-10-5-11-23(13-12-22)19-20-16-7-2-3-8-17(16)25-19/h2-4,6-9H,5,10-14H2,1H3. The highest BCUT2D eigenvalue weighted by Crippen LogP contribution is 2.22. The van der Waals surface area contributed by atoms with Crippen molar-refractivity contribution in [3.05, 3.63) is 58.5 Å². The van der Waals surface area contributed by atoms with E-state index in [0.717, 1.165) is 49.3 Å². The van der Waals surface area contributed by atoms with E-state index in [1.807, 2.05) is 36.4 Å². The molecule has 2 aromatic heterocycles. The second kappa shape index (κ2) is 6.72. The Morgan fingerprint density at radius 2 is 1.96 bits per heavy atom. The highest BCUT2D eigenvalue weighted by molar-refractivity contribution is 5.74. The van der Waals surface area contributed by atoms with Crippen LogP contribution in [0.1, 0.15) is 12.0 Å². The summed E-state index contributed by atoms with van der Waals surface area (Å²) in [6.07, 6.45) is 2.81. The highest BCUT2D eigenvalue weighted by atomic mass is 16.4. The van der Waals surface area contributed by atoms with Gasteiger partial charge in [-0.25, -0.2) is 0 Å². The van der Waals surface area contributed by atoms with Gasteiger partial charge in [-0.05, 0) is 24.6 Å². The normalized spacial score (nSPS) is 16.3. The van der Waals surface area contributed by atoms with Crippen molar-refractivity contribution < 1.29 is 4.42 Å². The minimum absolute atomic E-state index is 0.0857. The molecule has 25 heavy (non-hydrogen) atoms. The quantitative estimate of drug-likeness (QED) is 0.733. The summed E-state index contributed by atoms with van der Waals surface area (Å²) in [5, 5.41) is 0. The van der Waals surface area contributed by atoms with Crippen molar-refractivity contribution in [2.75, 3.05) is 31.1 Å². The minimum atomic E-state index is 0.0857. The maximum Gasteiger partial charge on any atom is 0.298 e. The lowest BCUT2D eigenvalue weighted by Crippen LogP contribution is -2.33. The first-order valence-corrected chi connectivity index (χ1v) is 8.68. The molecule has 1 aromatic carbocycles. The van der Waals surface area contributed by atoms with Gasteiger partial charge < -0.3 is 13.9 Å². The van der Waals surface area contributed by atoms with E-state index in [2.05, 4.69) is 14.8 Å². The van der Waals surface area contributed by atoms with Crippen LogP contribution in [0.2, 0.25) is 0 Å². The summed E-state index contributed by atoms with van der Waals surface area (Å²) in [7, 11) is 1.79. The molecular formula is C19H22N4O2. The monoisotopic (exact) mass is 338 g/mol. The second-order valence-electron chi connectivity index (χ2n) is 6.53. The third-order valence-electron chi connectivity index (χ3n) is 4.74. The average molecular weight is 338 g/mol. The van der Waals surface area contributed by atoms with Crippen LogP contribution in [0, 0.1) is 0 Å². The van der Waals surface area contributed by atoms with Gasteiger partial charge in [0.1, 0.15) is 5.52 Å². The molecule has 0 radical (unpaired) electrons. The van der Waals surface area contributed by atoms with Crippen LogP contribution in [-0.4, -0.2) is 40.6 Å². The third-order valence-corrected chi connectivity index (χ3v) is 4.74. The number of benzene rings is 1. The van der Waals surface area contributed by atoms with Crippen LogP contribution < -0.4 is 10.5 Å². The highest BCUT2D eigenvalue weighted by Gasteiger charge is 2.19. The fourth-order valence-electron chi connectivity index (χ4n) is 3.33. The molecule has 0 amide bonds. The number of anilines is 1. The van der Waals surface area contributed by atoms with Gasteiger partial charge in [0, 0.05) is 51.5 Å². The van der Waals surface area contributed by atoms with Crippen LogP contribution in [-0.2, 0) is 13.6 Å². The van der Waals surface area contributed by atoms with Crippen LogP contribution in [0.15, 0.2) is 51.8 Å². The fraction of sp³-hybridized carbons (Fsp3) is 0.368. The molecule has 0 unspecified atom stereocenters. The zero-order valence-corrected chi connectivity index (χ0v) is 14.4. The molecule has 0 saturated carbocycles. The lowest BCUT2D eigenvalue weighted by Gasteiger charge is -2.20. The van der Waals surface area contributed by atoms with E-state index in [4.69, 9.17) is 4.42 Å². The molecule has 6 heteroatoms. The van der Waals surface area contributed by atoms with Crippen molar-refractivity contribution in [3.8, 4) is 0 Å². The average Bonchev–Trinajstić information content (AvgIpc) is 2.91. The Morgan fingerprint density at radius 1 is 1.08 bits per heavy atom. The van der Waals surface area contributed by atoms with Gasteiger partial charge in [-0.2, -0.15) is 4.98 Å². The Hall–Kier alpha value is -2.60. The third kappa shape index (κ3) is 3.30. The molecule has 1 aliphatic rings. The molecule has 3 aromatic rings. The molecule has 3 heterocycles. The number of hydrogen-bond acceptors (Lipinski definition) is 5. The number of fused-ring (bicyclic) bond motifs is 1. The maximum absolute atomic E-state index is 12.2. The van der Waals surface area contributed by atoms with Crippen LogP contribution in [0.4, 0.5) is 6.01 Å². The summed E-state index contributed by atoms with van der Waals surface area (Å²) in [5.41, 5.74) is 2.65. The fourth-order valence-corrected chi connectivity index (χ4v) is 3.33. The van der Waals surface area contributed by atoms with Gasteiger partial charge >= 0.3 is 0 Å². The van der Waals surface area contributed by atoms with Crippen LogP contribution in [0.3, 0.4) is 0 Å². The van der Waals surface area contributed by atoms with Gasteiger partial charge in [0.05, 0.1) is 0 Å². The van der Waals surface area contributed by atoms with Crippen LogP contribution in [0.5, 0.6) is 0 Å². The Bertz CT molecular complexity index is 897. The van der Waals surface area contributed by atoms with Gasteiger partial charge in [0.2, 0.25) is 0 Å². The van der Waals surface area contributed by atoms with Gasteiger partial charge in [0.15, 0.2) is 5.58 Å². The van der Waals surface area contributed by atoms with Crippen molar-refractivity contribution in [1.82, 2.24) is 14.5 Å². The molecule has 4 rings (SSSR count). The van der Waals surface area contributed by atoms with Gasteiger partial charge in [0.25, 0.3) is 11.6 Å². The second-order valence-corrected chi connectivity index (χ2v) is 6.53. The van der Waals surface area contributed by atoms with Crippen molar-refractivity contribution in [1.29, 1.82) is 0 Å². The number of oxazole rings is 1. The number of aryl methyl sites for hydroxylation is 1. The Kier molecular flexibility index (Phi) is 4.28. The molecule has 1 fully saturated rings. The number of hydrogen-bond donors (Lipinski definition) is 0. The van der Waals surface area contributed by atoms with Crippen LogP contribution >= 0.6 is 0 Å². The lowest BCUT2D eigenvalue weighted by molar-refractivity contribution is 0.283. The number of pyridine rings is 1.